The van der Waals surface area contributed by atoms with E-state index in [1.807, 2.05) is 18.2 Å². The van der Waals surface area contributed by atoms with Gasteiger partial charge in [-0.15, -0.1) is 0 Å². The van der Waals surface area contributed by atoms with Crippen LogP contribution in [-0.4, -0.2) is 17.1 Å². The lowest BCUT2D eigenvalue weighted by molar-refractivity contribution is -0.130. The van der Waals surface area contributed by atoms with E-state index >= 15 is 0 Å². The van der Waals surface area contributed by atoms with E-state index in [9.17, 15) is 9.90 Å². The minimum atomic E-state index is -1.04. The SMILES string of the molecule is O=C(NC1CCCC1)[C@H](O)c1ccccc1. The molecule has 1 aromatic rings. The van der Waals surface area contributed by atoms with Gasteiger partial charge < -0.3 is 10.4 Å². The Balaban J connectivity index is 1.94. The van der Waals surface area contributed by atoms with Crippen molar-refractivity contribution in [2.45, 2.75) is 37.8 Å². The van der Waals surface area contributed by atoms with E-state index in [2.05, 4.69) is 5.32 Å². The van der Waals surface area contributed by atoms with Crippen LogP contribution in [0.15, 0.2) is 30.3 Å². The quantitative estimate of drug-likeness (QED) is 0.814. The summed E-state index contributed by atoms with van der Waals surface area (Å²) >= 11 is 0. The van der Waals surface area contributed by atoms with Gasteiger partial charge in [0.1, 0.15) is 0 Å². The van der Waals surface area contributed by atoms with Crippen LogP contribution in [-0.2, 0) is 4.79 Å². The van der Waals surface area contributed by atoms with Crippen molar-refractivity contribution in [2.75, 3.05) is 0 Å². The Morgan fingerprint density at radius 2 is 1.88 bits per heavy atom. The highest BCUT2D eigenvalue weighted by Gasteiger charge is 2.22. The Labute approximate surface area is 95.5 Å². The summed E-state index contributed by atoms with van der Waals surface area (Å²) in [6, 6.07) is 9.29. The van der Waals surface area contributed by atoms with E-state index in [0.29, 0.717) is 5.56 Å². The number of aliphatic hydroxyl groups is 1. The molecule has 1 saturated carbocycles. The molecule has 1 fully saturated rings. The third-order valence-electron chi connectivity index (χ3n) is 3.07. The zero-order valence-corrected chi connectivity index (χ0v) is 9.23. The van der Waals surface area contributed by atoms with E-state index < -0.39 is 6.10 Å². The van der Waals surface area contributed by atoms with Crippen LogP contribution in [0.1, 0.15) is 37.4 Å². The van der Waals surface area contributed by atoms with Crippen molar-refractivity contribution in [1.82, 2.24) is 5.32 Å². The standard InChI is InChI=1S/C13H17NO2/c15-12(10-6-2-1-3-7-10)13(16)14-11-8-4-5-9-11/h1-3,6-7,11-12,15H,4-5,8-9H2,(H,14,16)/t12-/m1/s1. The van der Waals surface area contributed by atoms with Gasteiger partial charge in [-0.3, -0.25) is 4.79 Å². The molecule has 1 aromatic carbocycles. The summed E-state index contributed by atoms with van der Waals surface area (Å²) in [7, 11) is 0. The average Bonchev–Trinajstić information content (AvgIpc) is 2.82. The summed E-state index contributed by atoms with van der Waals surface area (Å²) in [6.45, 7) is 0. The van der Waals surface area contributed by atoms with Gasteiger partial charge in [0.05, 0.1) is 0 Å². The summed E-state index contributed by atoms with van der Waals surface area (Å²) in [5.74, 6) is -0.280. The summed E-state index contributed by atoms with van der Waals surface area (Å²) in [6.07, 6.45) is 3.38. The van der Waals surface area contributed by atoms with Gasteiger partial charge in [0.25, 0.3) is 5.91 Å². The molecule has 1 atom stereocenters. The minimum absolute atomic E-state index is 0.255. The van der Waals surface area contributed by atoms with Crippen LogP contribution >= 0.6 is 0 Å². The van der Waals surface area contributed by atoms with Gasteiger partial charge in [0.2, 0.25) is 0 Å². The number of carbonyl (C=O) groups excluding carboxylic acids is 1. The first-order valence-corrected chi connectivity index (χ1v) is 5.81. The maximum absolute atomic E-state index is 11.7. The van der Waals surface area contributed by atoms with Crippen LogP contribution in [0.2, 0.25) is 0 Å². The molecule has 86 valence electrons. The minimum Gasteiger partial charge on any atom is -0.378 e. The van der Waals surface area contributed by atoms with E-state index in [0.717, 1.165) is 12.8 Å². The fourth-order valence-corrected chi connectivity index (χ4v) is 2.14. The lowest BCUT2D eigenvalue weighted by Crippen LogP contribution is -2.36. The number of hydrogen-bond donors (Lipinski definition) is 2. The van der Waals surface area contributed by atoms with Crippen molar-refractivity contribution in [3.63, 3.8) is 0 Å². The highest BCUT2D eigenvalue weighted by Crippen LogP contribution is 2.19. The number of rotatable bonds is 3. The number of nitrogens with one attached hydrogen (secondary N) is 1. The van der Waals surface area contributed by atoms with Gasteiger partial charge in [-0.1, -0.05) is 43.2 Å². The second-order valence-electron chi connectivity index (χ2n) is 4.30. The van der Waals surface area contributed by atoms with Crippen LogP contribution in [0.4, 0.5) is 0 Å². The average molecular weight is 219 g/mol. The number of hydrogen-bond acceptors (Lipinski definition) is 2. The van der Waals surface area contributed by atoms with Gasteiger partial charge in [0, 0.05) is 6.04 Å². The van der Waals surface area contributed by atoms with Crippen LogP contribution in [0.25, 0.3) is 0 Å². The molecule has 0 heterocycles. The fourth-order valence-electron chi connectivity index (χ4n) is 2.14. The summed E-state index contributed by atoms with van der Waals surface area (Å²) < 4.78 is 0. The molecule has 0 aromatic heterocycles. The van der Waals surface area contributed by atoms with Crippen LogP contribution in [0, 0.1) is 0 Å². The first-order valence-electron chi connectivity index (χ1n) is 5.81. The molecule has 1 aliphatic carbocycles. The molecule has 2 N–H and O–H groups in total. The maximum atomic E-state index is 11.7. The molecule has 0 aliphatic heterocycles. The monoisotopic (exact) mass is 219 g/mol. The van der Waals surface area contributed by atoms with Crippen molar-refractivity contribution in [3.8, 4) is 0 Å². The van der Waals surface area contributed by atoms with Crippen LogP contribution in [0.5, 0.6) is 0 Å². The molecule has 2 rings (SSSR count). The van der Waals surface area contributed by atoms with E-state index in [1.54, 1.807) is 12.1 Å². The Bertz CT molecular complexity index is 344. The molecule has 1 aliphatic rings. The topological polar surface area (TPSA) is 49.3 Å². The van der Waals surface area contributed by atoms with Gasteiger partial charge in [-0.05, 0) is 18.4 Å². The number of amides is 1. The highest BCUT2D eigenvalue weighted by molar-refractivity contribution is 5.82. The second-order valence-corrected chi connectivity index (χ2v) is 4.30. The first kappa shape index (κ1) is 11.1. The van der Waals surface area contributed by atoms with Crippen molar-refractivity contribution in [3.05, 3.63) is 35.9 Å². The third-order valence-corrected chi connectivity index (χ3v) is 3.07. The van der Waals surface area contributed by atoms with E-state index in [4.69, 9.17) is 0 Å². The molecule has 3 nitrogen and oxygen atoms in total. The smallest absolute Gasteiger partial charge is 0.253 e. The zero-order chi connectivity index (χ0) is 11.4. The highest BCUT2D eigenvalue weighted by atomic mass is 16.3. The summed E-state index contributed by atoms with van der Waals surface area (Å²) in [4.78, 5) is 11.7. The van der Waals surface area contributed by atoms with Crippen molar-refractivity contribution >= 4 is 5.91 Å². The lowest BCUT2D eigenvalue weighted by atomic mass is 10.1. The van der Waals surface area contributed by atoms with Crippen molar-refractivity contribution < 1.29 is 9.90 Å². The van der Waals surface area contributed by atoms with Crippen molar-refractivity contribution in [1.29, 1.82) is 0 Å². The van der Waals surface area contributed by atoms with E-state index in [-0.39, 0.29) is 11.9 Å². The molecule has 0 unspecified atom stereocenters. The number of aliphatic hydroxyl groups excluding tert-OH is 1. The Morgan fingerprint density at radius 1 is 1.25 bits per heavy atom. The van der Waals surface area contributed by atoms with Gasteiger partial charge in [-0.25, -0.2) is 0 Å². The molecule has 3 heteroatoms. The molecular formula is C13H17NO2. The molecule has 1 amide bonds. The predicted octanol–water partition coefficient (Wildman–Crippen LogP) is 1.78. The van der Waals surface area contributed by atoms with Crippen LogP contribution in [0.3, 0.4) is 0 Å². The van der Waals surface area contributed by atoms with Gasteiger partial charge >= 0.3 is 0 Å². The molecule has 0 saturated heterocycles. The molecule has 16 heavy (non-hydrogen) atoms. The summed E-state index contributed by atoms with van der Waals surface area (Å²) in [5.41, 5.74) is 0.651. The molecular weight excluding hydrogens is 202 g/mol. The fraction of sp³-hybridized carbons (Fsp3) is 0.462. The van der Waals surface area contributed by atoms with Gasteiger partial charge in [0.15, 0.2) is 6.10 Å². The number of carbonyl (C=O) groups is 1. The largest absolute Gasteiger partial charge is 0.378 e. The summed E-state index contributed by atoms with van der Waals surface area (Å²) in [5, 5.41) is 12.7. The van der Waals surface area contributed by atoms with Gasteiger partial charge in [-0.2, -0.15) is 0 Å². The van der Waals surface area contributed by atoms with Crippen molar-refractivity contribution in [2.24, 2.45) is 0 Å². The normalized spacial score (nSPS) is 18.3. The molecule has 0 bridgehead atoms. The Kier molecular flexibility index (Phi) is 3.57. The lowest BCUT2D eigenvalue weighted by Gasteiger charge is -2.15. The Morgan fingerprint density at radius 3 is 2.50 bits per heavy atom. The molecule has 0 radical (unpaired) electrons. The maximum Gasteiger partial charge on any atom is 0.253 e. The van der Waals surface area contributed by atoms with E-state index in [1.165, 1.54) is 12.8 Å². The first-order chi connectivity index (χ1) is 7.77. The third kappa shape index (κ3) is 2.61. The Hall–Kier alpha value is -1.35. The van der Waals surface area contributed by atoms with Crippen LogP contribution < -0.4 is 5.32 Å². The number of benzene rings is 1. The second kappa shape index (κ2) is 5.12. The zero-order valence-electron chi connectivity index (χ0n) is 9.23. The molecule has 0 spiro atoms. The predicted molar refractivity (Wildman–Crippen MR) is 61.8 cm³/mol.